The summed E-state index contributed by atoms with van der Waals surface area (Å²) in [6.07, 6.45) is 0.915. The Morgan fingerprint density at radius 1 is 1.44 bits per heavy atom. The summed E-state index contributed by atoms with van der Waals surface area (Å²) < 4.78 is 13.1. The van der Waals surface area contributed by atoms with Gasteiger partial charge in [0.15, 0.2) is 0 Å². The first-order valence-corrected chi connectivity index (χ1v) is 5.58. The maximum Gasteiger partial charge on any atom is 0.123 e. The molecule has 1 aromatic heterocycles. The predicted molar refractivity (Wildman–Crippen MR) is 64.9 cm³/mol. The number of aryl methyl sites for hydroxylation is 1. The second-order valence-electron chi connectivity index (χ2n) is 4.46. The van der Waals surface area contributed by atoms with Crippen LogP contribution in [-0.4, -0.2) is 11.5 Å². The van der Waals surface area contributed by atoms with Gasteiger partial charge in [0.1, 0.15) is 5.82 Å². The molecule has 0 fully saturated rings. The van der Waals surface area contributed by atoms with Crippen LogP contribution in [0.15, 0.2) is 18.2 Å². The first-order chi connectivity index (χ1) is 7.61. The van der Waals surface area contributed by atoms with Crippen molar-refractivity contribution in [3.05, 3.63) is 35.3 Å². The lowest BCUT2D eigenvalue weighted by Gasteiger charge is -2.07. The summed E-state index contributed by atoms with van der Waals surface area (Å²) in [5.41, 5.74) is 8.91. The van der Waals surface area contributed by atoms with Crippen molar-refractivity contribution in [2.45, 2.75) is 20.3 Å². The number of fused-ring (bicyclic) bond motifs is 1. The van der Waals surface area contributed by atoms with Crippen LogP contribution in [0.5, 0.6) is 0 Å². The lowest BCUT2D eigenvalue weighted by molar-refractivity contribution is 0.585. The van der Waals surface area contributed by atoms with Gasteiger partial charge in [0, 0.05) is 16.6 Å². The highest BCUT2D eigenvalue weighted by molar-refractivity contribution is 5.84. The number of aromatic amines is 1. The molecule has 16 heavy (non-hydrogen) atoms. The summed E-state index contributed by atoms with van der Waals surface area (Å²) in [6.45, 7) is 4.81. The normalized spacial score (nSPS) is 13.2. The van der Waals surface area contributed by atoms with Crippen LogP contribution in [0.1, 0.15) is 18.2 Å². The van der Waals surface area contributed by atoms with Crippen LogP contribution in [0.25, 0.3) is 10.9 Å². The summed E-state index contributed by atoms with van der Waals surface area (Å²) in [5, 5.41) is 0.972. The molecule has 1 heterocycles. The molecule has 3 N–H and O–H groups in total. The highest BCUT2D eigenvalue weighted by Crippen LogP contribution is 2.24. The molecule has 2 aromatic rings. The minimum Gasteiger partial charge on any atom is -0.358 e. The van der Waals surface area contributed by atoms with E-state index < -0.39 is 0 Å². The van der Waals surface area contributed by atoms with Gasteiger partial charge in [-0.25, -0.2) is 4.39 Å². The van der Waals surface area contributed by atoms with Crippen LogP contribution < -0.4 is 5.73 Å². The molecule has 3 heteroatoms. The molecular weight excluding hydrogens is 203 g/mol. The molecule has 0 saturated carbocycles. The molecule has 0 aliphatic rings. The number of rotatable bonds is 3. The van der Waals surface area contributed by atoms with Gasteiger partial charge in [0.25, 0.3) is 0 Å². The van der Waals surface area contributed by atoms with E-state index in [2.05, 4.69) is 11.9 Å². The summed E-state index contributed by atoms with van der Waals surface area (Å²) >= 11 is 0. The molecule has 1 aromatic carbocycles. The third-order valence-electron chi connectivity index (χ3n) is 3.08. The zero-order chi connectivity index (χ0) is 11.7. The Morgan fingerprint density at radius 3 is 2.88 bits per heavy atom. The monoisotopic (exact) mass is 220 g/mol. The largest absolute Gasteiger partial charge is 0.358 e. The average molecular weight is 220 g/mol. The van der Waals surface area contributed by atoms with E-state index in [9.17, 15) is 4.39 Å². The van der Waals surface area contributed by atoms with Gasteiger partial charge in [-0.3, -0.25) is 0 Å². The Hall–Kier alpha value is -1.35. The number of H-pyrrole nitrogens is 1. The minimum atomic E-state index is -0.187. The van der Waals surface area contributed by atoms with Crippen LogP contribution in [0.3, 0.4) is 0 Å². The molecule has 0 aliphatic carbocycles. The maximum atomic E-state index is 13.1. The summed E-state index contributed by atoms with van der Waals surface area (Å²) in [5.74, 6) is 0.254. The molecular formula is C13H17FN2. The fourth-order valence-corrected chi connectivity index (χ4v) is 1.99. The van der Waals surface area contributed by atoms with Crippen molar-refractivity contribution in [1.82, 2.24) is 4.98 Å². The molecule has 86 valence electrons. The Kier molecular flexibility index (Phi) is 2.97. The molecule has 0 saturated heterocycles. The highest BCUT2D eigenvalue weighted by Gasteiger charge is 2.10. The van der Waals surface area contributed by atoms with Gasteiger partial charge < -0.3 is 10.7 Å². The number of hydrogen-bond acceptors (Lipinski definition) is 1. The van der Waals surface area contributed by atoms with Gasteiger partial charge in [-0.1, -0.05) is 6.92 Å². The molecule has 0 amide bonds. The van der Waals surface area contributed by atoms with Crippen molar-refractivity contribution in [3.63, 3.8) is 0 Å². The molecule has 2 nitrogen and oxygen atoms in total. The van der Waals surface area contributed by atoms with E-state index in [1.807, 2.05) is 6.92 Å². The van der Waals surface area contributed by atoms with Gasteiger partial charge in [0.05, 0.1) is 0 Å². The van der Waals surface area contributed by atoms with E-state index in [1.165, 1.54) is 11.8 Å². The van der Waals surface area contributed by atoms with Gasteiger partial charge in [-0.15, -0.1) is 0 Å². The number of hydrogen-bond donors (Lipinski definition) is 2. The number of halogens is 1. The molecule has 2 rings (SSSR count). The maximum absolute atomic E-state index is 13.1. The van der Waals surface area contributed by atoms with Crippen molar-refractivity contribution in [1.29, 1.82) is 0 Å². The number of benzene rings is 1. The standard InChI is InChI=1S/C13H17FN2/c1-8(7-15)5-13-9(2)11-6-10(14)3-4-12(11)16-13/h3-4,6,8,16H,5,7,15H2,1-2H3. The second kappa shape index (κ2) is 4.26. The van der Waals surface area contributed by atoms with Crippen LogP contribution in [0.2, 0.25) is 0 Å². The molecule has 0 radical (unpaired) electrons. The SMILES string of the molecule is Cc1c(CC(C)CN)[nH]c2ccc(F)cc12. The number of nitrogens with two attached hydrogens (primary N) is 1. The molecule has 0 bridgehead atoms. The Morgan fingerprint density at radius 2 is 2.19 bits per heavy atom. The zero-order valence-electron chi connectivity index (χ0n) is 9.68. The first-order valence-electron chi connectivity index (χ1n) is 5.58. The van der Waals surface area contributed by atoms with Crippen LogP contribution >= 0.6 is 0 Å². The van der Waals surface area contributed by atoms with Crippen molar-refractivity contribution >= 4 is 10.9 Å². The topological polar surface area (TPSA) is 41.8 Å². The lowest BCUT2D eigenvalue weighted by Crippen LogP contribution is -2.13. The molecule has 1 atom stereocenters. The lowest BCUT2D eigenvalue weighted by atomic mass is 10.0. The molecule has 1 unspecified atom stereocenters. The van der Waals surface area contributed by atoms with E-state index in [1.54, 1.807) is 12.1 Å². The predicted octanol–water partition coefficient (Wildman–Crippen LogP) is 2.75. The summed E-state index contributed by atoms with van der Waals surface area (Å²) in [6, 6.07) is 4.85. The summed E-state index contributed by atoms with van der Waals surface area (Å²) in [7, 11) is 0. The Labute approximate surface area is 94.7 Å². The molecule has 0 spiro atoms. The van der Waals surface area contributed by atoms with Crippen LogP contribution in [-0.2, 0) is 6.42 Å². The first kappa shape index (κ1) is 11.1. The molecule has 0 aliphatic heterocycles. The van der Waals surface area contributed by atoms with E-state index >= 15 is 0 Å². The quantitative estimate of drug-likeness (QED) is 0.820. The Bertz CT molecular complexity index is 502. The number of aromatic nitrogens is 1. The van der Waals surface area contributed by atoms with E-state index in [0.717, 1.165) is 22.9 Å². The van der Waals surface area contributed by atoms with Crippen molar-refractivity contribution in [3.8, 4) is 0 Å². The van der Waals surface area contributed by atoms with Gasteiger partial charge in [-0.05, 0) is 49.6 Å². The van der Waals surface area contributed by atoms with E-state index in [-0.39, 0.29) is 5.82 Å². The zero-order valence-corrected chi connectivity index (χ0v) is 9.68. The van der Waals surface area contributed by atoms with Gasteiger partial charge >= 0.3 is 0 Å². The smallest absolute Gasteiger partial charge is 0.123 e. The number of nitrogens with one attached hydrogen (secondary N) is 1. The Balaban J connectivity index is 2.44. The van der Waals surface area contributed by atoms with Crippen molar-refractivity contribution in [2.75, 3.05) is 6.54 Å². The third kappa shape index (κ3) is 1.95. The van der Waals surface area contributed by atoms with Crippen LogP contribution in [0.4, 0.5) is 4.39 Å². The third-order valence-corrected chi connectivity index (χ3v) is 3.08. The van der Waals surface area contributed by atoms with Crippen molar-refractivity contribution in [2.24, 2.45) is 11.7 Å². The van der Waals surface area contributed by atoms with Gasteiger partial charge in [-0.2, -0.15) is 0 Å². The van der Waals surface area contributed by atoms with Crippen molar-refractivity contribution < 1.29 is 4.39 Å². The average Bonchev–Trinajstić information content (AvgIpc) is 2.56. The van der Waals surface area contributed by atoms with Gasteiger partial charge in [0.2, 0.25) is 0 Å². The highest BCUT2D eigenvalue weighted by atomic mass is 19.1. The van der Waals surface area contributed by atoms with Crippen LogP contribution in [0, 0.1) is 18.7 Å². The second-order valence-corrected chi connectivity index (χ2v) is 4.46. The fraction of sp³-hybridized carbons (Fsp3) is 0.385. The minimum absolute atomic E-state index is 0.187. The summed E-state index contributed by atoms with van der Waals surface area (Å²) in [4.78, 5) is 3.33. The van der Waals surface area contributed by atoms with E-state index in [4.69, 9.17) is 5.73 Å². The fourth-order valence-electron chi connectivity index (χ4n) is 1.99. The van der Waals surface area contributed by atoms with E-state index in [0.29, 0.717) is 12.5 Å².